The van der Waals surface area contributed by atoms with Gasteiger partial charge in [-0.05, 0) is 24.1 Å². The summed E-state index contributed by atoms with van der Waals surface area (Å²) in [5.41, 5.74) is 3.38. The SMILES string of the molecule is NNc1cc(NCCc2cccc(F)c2)ncn1. The highest BCUT2D eigenvalue weighted by molar-refractivity contribution is 5.45. The van der Waals surface area contributed by atoms with Crippen molar-refractivity contribution >= 4 is 11.6 Å². The van der Waals surface area contributed by atoms with Crippen LogP contribution in [0.15, 0.2) is 36.7 Å². The molecule has 0 bridgehead atoms. The maximum Gasteiger partial charge on any atom is 0.145 e. The topological polar surface area (TPSA) is 75.9 Å². The van der Waals surface area contributed by atoms with Crippen LogP contribution in [0.3, 0.4) is 0 Å². The molecule has 0 saturated carbocycles. The number of nitrogens with two attached hydrogens (primary N) is 1. The standard InChI is InChI=1S/C12H14FN5/c13-10-3-1-2-9(6-10)4-5-15-11-7-12(18-14)17-8-16-11/h1-3,6-8H,4-5,14H2,(H2,15,16,17,18). The molecule has 6 heteroatoms. The van der Waals surface area contributed by atoms with Crippen LogP contribution in [0.5, 0.6) is 0 Å². The van der Waals surface area contributed by atoms with E-state index in [-0.39, 0.29) is 5.82 Å². The van der Waals surface area contributed by atoms with Crippen molar-refractivity contribution in [3.05, 3.63) is 48.0 Å². The minimum atomic E-state index is -0.218. The molecule has 0 fully saturated rings. The summed E-state index contributed by atoms with van der Waals surface area (Å²) < 4.78 is 13.0. The van der Waals surface area contributed by atoms with Gasteiger partial charge in [0, 0.05) is 12.6 Å². The molecule has 0 radical (unpaired) electrons. The van der Waals surface area contributed by atoms with Gasteiger partial charge in [0.15, 0.2) is 0 Å². The lowest BCUT2D eigenvalue weighted by molar-refractivity contribution is 0.625. The highest BCUT2D eigenvalue weighted by Crippen LogP contribution is 2.08. The van der Waals surface area contributed by atoms with E-state index in [1.807, 2.05) is 6.07 Å². The fourth-order valence-electron chi connectivity index (χ4n) is 1.56. The molecule has 0 saturated heterocycles. The summed E-state index contributed by atoms with van der Waals surface area (Å²) in [5.74, 6) is 6.24. The molecule has 0 atom stereocenters. The maximum absolute atomic E-state index is 13.0. The molecule has 18 heavy (non-hydrogen) atoms. The first-order valence-electron chi connectivity index (χ1n) is 5.55. The third kappa shape index (κ3) is 3.39. The highest BCUT2D eigenvalue weighted by atomic mass is 19.1. The largest absolute Gasteiger partial charge is 0.370 e. The minimum absolute atomic E-state index is 0.218. The number of nitrogen functional groups attached to an aromatic ring is 1. The Hall–Kier alpha value is -2.21. The monoisotopic (exact) mass is 247 g/mol. The van der Waals surface area contributed by atoms with E-state index < -0.39 is 0 Å². The first-order chi connectivity index (χ1) is 8.78. The first kappa shape index (κ1) is 12.3. The number of benzene rings is 1. The molecular formula is C12H14FN5. The van der Waals surface area contributed by atoms with Gasteiger partial charge in [0.05, 0.1) is 0 Å². The van der Waals surface area contributed by atoms with E-state index in [9.17, 15) is 4.39 Å². The van der Waals surface area contributed by atoms with Crippen LogP contribution in [0.2, 0.25) is 0 Å². The van der Waals surface area contributed by atoms with Gasteiger partial charge in [0.25, 0.3) is 0 Å². The lowest BCUT2D eigenvalue weighted by atomic mass is 10.1. The van der Waals surface area contributed by atoms with E-state index in [1.165, 1.54) is 18.5 Å². The molecular weight excluding hydrogens is 233 g/mol. The van der Waals surface area contributed by atoms with Crippen LogP contribution >= 0.6 is 0 Å². The van der Waals surface area contributed by atoms with Crippen molar-refractivity contribution in [3.8, 4) is 0 Å². The van der Waals surface area contributed by atoms with E-state index in [4.69, 9.17) is 5.84 Å². The van der Waals surface area contributed by atoms with Crippen LogP contribution in [0.4, 0.5) is 16.0 Å². The second-order valence-corrected chi connectivity index (χ2v) is 3.74. The molecule has 0 aliphatic carbocycles. The van der Waals surface area contributed by atoms with Crippen molar-refractivity contribution in [2.45, 2.75) is 6.42 Å². The van der Waals surface area contributed by atoms with E-state index in [1.54, 1.807) is 12.1 Å². The van der Waals surface area contributed by atoms with Gasteiger partial charge in [-0.3, -0.25) is 0 Å². The summed E-state index contributed by atoms with van der Waals surface area (Å²) >= 11 is 0. The molecule has 2 rings (SSSR count). The predicted molar refractivity (Wildman–Crippen MR) is 68.4 cm³/mol. The second kappa shape index (κ2) is 5.92. The molecule has 1 heterocycles. The van der Waals surface area contributed by atoms with Gasteiger partial charge in [0.1, 0.15) is 23.8 Å². The molecule has 1 aromatic carbocycles. The van der Waals surface area contributed by atoms with Crippen LogP contribution in [0.1, 0.15) is 5.56 Å². The molecule has 1 aromatic heterocycles. The van der Waals surface area contributed by atoms with Crippen molar-refractivity contribution < 1.29 is 4.39 Å². The van der Waals surface area contributed by atoms with Crippen molar-refractivity contribution in [2.24, 2.45) is 5.84 Å². The zero-order valence-corrected chi connectivity index (χ0v) is 9.73. The Morgan fingerprint density at radius 3 is 2.78 bits per heavy atom. The number of anilines is 2. The smallest absolute Gasteiger partial charge is 0.145 e. The molecule has 94 valence electrons. The van der Waals surface area contributed by atoms with Crippen LogP contribution in [0.25, 0.3) is 0 Å². The number of hydrazine groups is 1. The summed E-state index contributed by atoms with van der Waals surface area (Å²) in [6.45, 7) is 0.657. The number of hydrogen-bond acceptors (Lipinski definition) is 5. The molecule has 0 spiro atoms. The van der Waals surface area contributed by atoms with Crippen molar-refractivity contribution in [1.82, 2.24) is 9.97 Å². The average Bonchev–Trinajstić information content (AvgIpc) is 2.39. The number of hydrogen-bond donors (Lipinski definition) is 3. The fourth-order valence-corrected chi connectivity index (χ4v) is 1.56. The maximum atomic E-state index is 13.0. The molecule has 0 aliphatic rings. The van der Waals surface area contributed by atoms with E-state index in [0.29, 0.717) is 24.6 Å². The van der Waals surface area contributed by atoms with E-state index >= 15 is 0 Å². The number of rotatable bonds is 5. The lowest BCUT2D eigenvalue weighted by Gasteiger charge is -2.06. The van der Waals surface area contributed by atoms with Crippen molar-refractivity contribution in [1.29, 1.82) is 0 Å². The van der Waals surface area contributed by atoms with Crippen LogP contribution < -0.4 is 16.6 Å². The molecule has 0 aliphatic heterocycles. The first-order valence-corrected chi connectivity index (χ1v) is 5.55. The van der Waals surface area contributed by atoms with Gasteiger partial charge < -0.3 is 10.7 Å². The summed E-state index contributed by atoms with van der Waals surface area (Å²) in [6, 6.07) is 8.24. The Labute approximate surface area is 104 Å². The lowest BCUT2D eigenvalue weighted by Crippen LogP contribution is -2.11. The van der Waals surface area contributed by atoms with Gasteiger partial charge in [-0.15, -0.1) is 0 Å². The van der Waals surface area contributed by atoms with Gasteiger partial charge in [-0.1, -0.05) is 12.1 Å². The molecule has 0 unspecified atom stereocenters. The van der Waals surface area contributed by atoms with Crippen molar-refractivity contribution in [2.75, 3.05) is 17.3 Å². The summed E-state index contributed by atoms with van der Waals surface area (Å²) in [7, 11) is 0. The van der Waals surface area contributed by atoms with Gasteiger partial charge in [0.2, 0.25) is 0 Å². The van der Waals surface area contributed by atoms with Crippen LogP contribution in [-0.2, 0) is 6.42 Å². The Kier molecular flexibility index (Phi) is 4.03. The Balaban J connectivity index is 1.88. The quantitative estimate of drug-likeness (QED) is 0.552. The zero-order chi connectivity index (χ0) is 12.8. The normalized spacial score (nSPS) is 10.1. The van der Waals surface area contributed by atoms with Gasteiger partial charge in [-0.25, -0.2) is 20.2 Å². The number of halogens is 1. The summed E-state index contributed by atoms with van der Waals surface area (Å²) in [5, 5.41) is 3.12. The number of aromatic nitrogens is 2. The predicted octanol–water partition coefficient (Wildman–Crippen LogP) is 1.56. The third-order valence-corrected chi connectivity index (χ3v) is 2.42. The molecule has 2 aromatic rings. The van der Waals surface area contributed by atoms with Crippen molar-refractivity contribution in [3.63, 3.8) is 0 Å². The average molecular weight is 247 g/mol. The highest BCUT2D eigenvalue weighted by Gasteiger charge is 1.98. The minimum Gasteiger partial charge on any atom is -0.370 e. The van der Waals surface area contributed by atoms with Gasteiger partial charge in [-0.2, -0.15) is 0 Å². The molecule has 5 nitrogen and oxygen atoms in total. The zero-order valence-electron chi connectivity index (χ0n) is 9.73. The Morgan fingerprint density at radius 1 is 1.17 bits per heavy atom. The number of nitrogens with zero attached hydrogens (tertiary/aromatic N) is 2. The van der Waals surface area contributed by atoms with E-state index in [0.717, 1.165) is 5.56 Å². The molecule has 0 amide bonds. The second-order valence-electron chi connectivity index (χ2n) is 3.74. The number of nitrogens with one attached hydrogen (secondary N) is 2. The Morgan fingerprint density at radius 2 is 2.00 bits per heavy atom. The van der Waals surface area contributed by atoms with Crippen LogP contribution in [0, 0.1) is 5.82 Å². The van der Waals surface area contributed by atoms with Crippen LogP contribution in [-0.4, -0.2) is 16.5 Å². The summed E-state index contributed by atoms with van der Waals surface area (Å²) in [6.07, 6.45) is 2.13. The van der Waals surface area contributed by atoms with E-state index in [2.05, 4.69) is 20.7 Å². The summed E-state index contributed by atoms with van der Waals surface area (Å²) in [4.78, 5) is 7.94. The van der Waals surface area contributed by atoms with Gasteiger partial charge >= 0.3 is 0 Å². The third-order valence-electron chi connectivity index (χ3n) is 2.42. The Bertz CT molecular complexity index is 517. The fraction of sp³-hybridized carbons (Fsp3) is 0.167. The molecule has 4 N–H and O–H groups in total.